The second-order valence-corrected chi connectivity index (χ2v) is 5.45. The number of hydrogen-bond acceptors (Lipinski definition) is 3. The van der Waals surface area contributed by atoms with Crippen LogP contribution in [0.4, 0.5) is 0 Å². The van der Waals surface area contributed by atoms with Gasteiger partial charge in [0.15, 0.2) is 0 Å². The van der Waals surface area contributed by atoms with Gasteiger partial charge in [0, 0.05) is 0 Å². The quantitative estimate of drug-likeness (QED) is 0.614. The van der Waals surface area contributed by atoms with Gasteiger partial charge in [-0.25, -0.2) is 0 Å². The summed E-state index contributed by atoms with van der Waals surface area (Å²) in [5, 5.41) is 9.19. The number of rotatable bonds is 4. The zero-order valence-corrected chi connectivity index (χ0v) is 12.0. The van der Waals surface area contributed by atoms with Gasteiger partial charge in [-0.2, -0.15) is 5.26 Å². The average molecular weight is 271 g/mol. The molecular weight excluding hydrogens is 250 g/mol. The number of nitriles is 1. The van der Waals surface area contributed by atoms with Crippen LogP contribution in [0.25, 0.3) is 0 Å². The molecule has 1 aliphatic carbocycles. The summed E-state index contributed by atoms with van der Waals surface area (Å²) in [5.41, 5.74) is 1.57. The van der Waals surface area contributed by atoms with Crippen LogP contribution in [0.1, 0.15) is 56.6 Å². The van der Waals surface area contributed by atoms with Gasteiger partial charge in [0.2, 0.25) is 0 Å². The smallest absolute Gasteiger partial charge is 0.314 e. The Labute approximate surface area is 120 Å². The second kappa shape index (κ2) is 7.09. The zero-order chi connectivity index (χ0) is 14.4. The third-order valence-corrected chi connectivity index (χ3v) is 3.85. The molecule has 106 valence electrons. The fraction of sp³-hybridized carbons (Fsp3) is 0.529. The lowest BCUT2D eigenvalue weighted by Gasteiger charge is -2.20. The zero-order valence-electron chi connectivity index (χ0n) is 12.0. The van der Waals surface area contributed by atoms with E-state index in [4.69, 9.17) is 4.74 Å². The van der Waals surface area contributed by atoms with Gasteiger partial charge in [-0.1, -0.05) is 38.7 Å². The average Bonchev–Trinajstić information content (AvgIpc) is 2.50. The van der Waals surface area contributed by atoms with Crippen molar-refractivity contribution in [1.82, 2.24) is 0 Å². The van der Waals surface area contributed by atoms with Crippen LogP contribution in [0.5, 0.6) is 5.75 Å². The summed E-state index contributed by atoms with van der Waals surface area (Å²) in [4.78, 5) is 12.1. The fourth-order valence-electron chi connectivity index (χ4n) is 2.73. The Balaban J connectivity index is 2.08. The molecule has 1 aromatic carbocycles. The van der Waals surface area contributed by atoms with Crippen molar-refractivity contribution in [3.63, 3.8) is 0 Å². The summed E-state index contributed by atoms with van der Waals surface area (Å²) < 4.78 is 5.45. The Morgan fingerprint density at radius 1 is 1.35 bits per heavy atom. The molecule has 0 aliphatic heterocycles. The Bertz CT molecular complexity index is 510. The predicted molar refractivity (Wildman–Crippen MR) is 77.4 cm³/mol. The number of esters is 1. The number of hydrogen-bond donors (Lipinski definition) is 0. The van der Waals surface area contributed by atoms with Crippen LogP contribution in [0.15, 0.2) is 18.2 Å². The van der Waals surface area contributed by atoms with Crippen LogP contribution in [-0.2, 0) is 11.2 Å². The van der Waals surface area contributed by atoms with Crippen molar-refractivity contribution in [1.29, 1.82) is 5.26 Å². The van der Waals surface area contributed by atoms with E-state index in [0.29, 0.717) is 11.3 Å². The molecular formula is C17H21NO2. The Morgan fingerprint density at radius 3 is 2.75 bits per heavy atom. The molecule has 1 aliphatic rings. The van der Waals surface area contributed by atoms with E-state index in [9.17, 15) is 10.1 Å². The third kappa shape index (κ3) is 3.60. The van der Waals surface area contributed by atoms with E-state index in [1.54, 1.807) is 6.07 Å². The summed E-state index contributed by atoms with van der Waals surface area (Å²) in [6.07, 6.45) is 7.19. The lowest BCUT2D eigenvalue weighted by molar-refractivity contribution is -0.140. The third-order valence-electron chi connectivity index (χ3n) is 3.85. The SMILES string of the molecule is CCCc1ccc(OC(=O)C2CCCCC2)c(C#N)c1. The molecule has 0 saturated heterocycles. The van der Waals surface area contributed by atoms with E-state index in [0.717, 1.165) is 44.1 Å². The highest BCUT2D eigenvalue weighted by molar-refractivity contribution is 5.76. The molecule has 1 saturated carbocycles. The molecule has 20 heavy (non-hydrogen) atoms. The minimum absolute atomic E-state index is 0.00520. The molecule has 1 fully saturated rings. The molecule has 0 aromatic heterocycles. The highest BCUT2D eigenvalue weighted by Crippen LogP contribution is 2.27. The van der Waals surface area contributed by atoms with Crippen LogP contribution >= 0.6 is 0 Å². The van der Waals surface area contributed by atoms with Crippen LogP contribution in [0.2, 0.25) is 0 Å². The summed E-state index contributed by atoms with van der Waals surface area (Å²) in [6, 6.07) is 7.64. The maximum absolute atomic E-state index is 12.1. The predicted octanol–water partition coefficient (Wildman–Crippen LogP) is 4.00. The van der Waals surface area contributed by atoms with Gasteiger partial charge in [-0.3, -0.25) is 4.79 Å². The minimum atomic E-state index is -0.176. The van der Waals surface area contributed by atoms with Crippen molar-refractivity contribution in [2.45, 2.75) is 51.9 Å². The van der Waals surface area contributed by atoms with Gasteiger partial charge in [0.25, 0.3) is 0 Å². The molecule has 2 rings (SSSR count). The topological polar surface area (TPSA) is 50.1 Å². The maximum atomic E-state index is 12.1. The highest BCUT2D eigenvalue weighted by Gasteiger charge is 2.23. The van der Waals surface area contributed by atoms with Crippen molar-refractivity contribution in [3.8, 4) is 11.8 Å². The number of nitrogens with zero attached hydrogens (tertiary/aromatic N) is 1. The first-order valence-corrected chi connectivity index (χ1v) is 7.49. The van der Waals surface area contributed by atoms with Crippen LogP contribution < -0.4 is 4.74 Å². The lowest BCUT2D eigenvalue weighted by atomic mass is 9.89. The van der Waals surface area contributed by atoms with E-state index >= 15 is 0 Å². The van der Waals surface area contributed by atoms with E-state index in [-0.39, 0.29) is 11.9 Å². The number of aryl methyl sites for hydroxylation is 1. The van der Waals surface area contributed by atoms with Gasteiger partial charge in [-0.15, -0.1) is 0 Å². The van der Waals surface area contributed by atoms with E-state index in [2.05, 4.69) is 13.0 Å². The van der Waals surface area contributed by atoms with E-state index in [1.807, 2.05) is 12.1 Å². The lowest BCUT2D eigenvalue weighted by Crippen LogP contribution is -2.23. The molecule has 0 N–H and O–H groups in total. The van der Waals surface area contributed by atoms with Gasteiger partial charge in [0.05, 0.1) is 11.5 Å². The summed E-state index contributed by atoms with van der Waals surface area (Å²) in [7, 11) is 0. The largest absolute Gasteiger partial charge is 0.425 e. The molecule has 3 heteroatoms. The van der Waals surface area contributed by atoms with Gasteiger partial charge < -0.3 is 4.74 Å². The summed E-state index contributed by atoms with van der Waals surface area (Å²) >= 11 is 0. The van der Waals surface area contributed by atoms with Crippen molar-refractivity contribution < 1.29 is 9.53 Å². The highest BCUT2D eigenvalue weighted by atomic mass is 16.5. The molecule has 0 bridgehead atoms. The van der Waals surface area contributed by atoms with Crippen LogP contribution in [0, 0.1) is 17.2 Å². The monoisotopic (exact) mass is 271 g/mol. The molecule has 0 amide bonds. The molecule has 0 radical (unpaired) electrons. The first kappa shape index (κ1) is 14.6. The van der Waals surface area contributed by atoms with Gasteiger partial charge in [-0.05, 0) is 37.0 Å². The van der Waals surface area contributed by atoms with Gasteiger partial charge >= 0.3 is 5.97 Å². The molecule has 3 nitrogen and oxygen atoms in total. The number of ether oxygens (including phenoxy) is 1. The minimum Gasteiger partial charge on any atom is -0.425 e. The Kier molecular flexibility index (Phi) is 5.17. The van der Waals surface area contributed by atoms with Crippen molar-refractivity contribution in [2.75, 3.05) is 0 Å². The summed E-state index contributed by atoms with van der Waals surface area (Å²) in [5.74, 6) is 0.234. The molecule has 1 aromatic rings. The van der Waals surface area contributed by atoms with Crippen LogP contribution in [-0.4, -0.2) is 5.97 Å². The maximum Gasteiger partial charge on any atom is 0.314 e. The number of carbonyl (C=O) groups excluding carboxylic acids is 1. The molecule has 0 atom stereocenters. The Hall–Kier alpha value is -1.82. The molecule has 0 spiro atoms. The number of benzene rings is 1. The number of carbonyl (C=O) groups is 1. The van der Waals surface area contributed by atoms with Crippen LogP contribution in [0.3, 0.4) is 0 Å². The van der Waals surface area contributed by atoms with E-state index < -0.39 is 0 Å². The second-order valence-electron chi connectivity index (χ2n) is 5.45. The first-order chi connectivity index (χ1) is 9.74. The molecule has 0 heterocycles. The summed E-state index contributed by atoms with van der Waals surface area (Å²) in [6.45, 7) is 2.10. The van der Waals surface area contributed by atoms with Gasteiger partial charge in [0.1, 0.15) is 11.8 Å². The van der Waals surface area contributed by atoms with Crippen molar-refractivity contribution in [3.05, 3.63) is 29.3 Å². The van der Waals surface area contributed by atoms with Crippen molar-refractivity contribution >= 4 is 5.97 Å². The van der Waals surface area contributed by atoms with Crippen molar-refractivity contribution in [2.24, 2.45) is 5.92 Å². The first-order valence-electron chi connectivity index (χ1n) is 7.49. The Morgan fingerprint density at radius 2 is 2.10 bits per heavy atom. The standard InChI is InChI=1S/C17H21NO2/c1-2-6-13-9-10-16(15(11-13)12-18)20-17(19)14-7-4-3-5-8-14/h9-11,14H,2-8H2,1H3. The normalized spacial score (nSPS) is 15.6. The fourth-order valence-corrected chi connectivity index (χ4v) is 2.73. The molecule has 0 unspecified atom stereocenters. The van der Waals surface area contributed by atoms with E-state index in [1.165, 1.54) is 6.42 Å².